The largest absolute Gasteiger partial charge is 0.341 e. The average molecular weight is 516 g/mol. The van der Waals surface area contributed by atoms with Gasteiger partial charge >= 0.3 is 0 Å². The van der Waals surface area contributed by atoms with Crippen LogP contribution in [0.15, 0.2) is 114 Å². The molecule has 4 aromatic rings. The summed E-state index contributed by atoms with van der Waals surface area (Å²) in [5.41, 5.74) is 3.50. The van der Waals surface area contributed by atoms with Crippen molar-refractivity contribution in [2.24, 2.45) is 0 Å². The van der Waals surface area contributed by atoms with Gasteiger partial charge in [0, 0.05) is 18.5 Å². The molecule has 1 saturated heterocycles. The summed E-state index contributed by atoms with van der Waals surface area (Å²) in [6, 6.07) is 31.2. The van der Waals surface area contributed by atoms with Crippen LogP contribution in [-0.2, 0) is 14.8 Å². The van der Waals surface area contributed by atoms with Crippen LogP contribution in [0, 0.1) is 0 Å². The van der Waals surface area contributed by atoms with Crippen LogP contribution in [0.25, 0.3) is 11.1 Å². The summed E-state index contributed by atoms with van der Waals surface area (Å²) in [4.78, 5) is 18.1. The van der Waals surface area contributed by atoms with E-state index in [1.54, 1.807) is 30.5 Å². The molecule has 0 radical (unpaired) electrons. The zero-order chi connectivity index (χ0) is 25.0. The molecule has 8 heteroatoms. The van der Waals surface area contributed by atoms with E-state index in [9.17, 15) is 13.2 Å². The van der Waals surface area contributed by atoms with E-state index in [1.165, 1.54) is 16.1 Å². The molecular formula is C28H25N3O3S2. The molecule has 1 fully saturated rings. The molecule has 182 valence electrons. The zero-order valence-corrected chi connectivity index (χ0v) is 21.0. The third-order valence-corrected chi connectivity index (χ3v) is 9.26. The first-order valence-electron chi connectivity index (χ1n) is 11.6. The molecule has 0 bridgehead atoms. The third kappa shape index (κ3) is 5.06. The summed E-state index contributed by atoms with van der Waals surface area (Å²) in [6.07, 6.45) is 1.68. The highest BCUT2D eigenvalue weighted by Crippen LogP contribution is 2.32. The summed E-state index contributed by atoms with van der Waals surface area (Å²) in [5, 5.41) is 2.19. The van der Waals surface area contributed by atoms with Gasteiger partial charge in [0.25, 0.3) is 0 Å². The molecule has 1 aromatic heterocycles. The Morgan fingerprint density at radius 1 is 0.861 bits per heavy atom. The van der Waals surface area contributed by atoms with E-state index >= 15 is 0 Å². The maximum absolute atomic E-state index is 13.5. The van der Waals surface area contributed by atoms with Gasteiger partial charge in [-0.2, -0.15) is 4.31 Å². The Morgan fingerprint density at radius 3 is 2.17 bits per heavy atom. The van der Waals surface area contributed by atoms with Crippen molar-refractivity contribution in [3.8, 4) is 11.1 Å². The number of thioether (sulfide) groups is 1. The molecule has 2 atom stereocenters. The minimum Gasteiger partial charge on any atom is -0.341 e. The average Bonchev–Trinajstić information content (AvgIpc) is 3.45. The number of hydrogen-bond donors (Lipinski definition) is 1. The summed E-state index contributed by atoms with van der Waals surface area (Å²) < 4.78 is 28.4. The second-order valence-corrected chi connectivity index (χ2v) is 11.4. The normalized spacial score (nSPS) is 16.9. The molecule has 3 aromatic carbocycles. The molecular weight excluding hydrogens is 490 g/mol. The molecule has 1 N–H and O–H groups in total. The van der Waals surface area contributed by atoms with Crippen molar-refractivity contribution in [3.63, 3.8) is 0 Å². The lowest BCUT2D eigenvalue weighted by Gasteiger charge is -2.25. The van der Waals surface area contributed by atoms with Gasteiger partial charge in [0.05, 0.1) is 16.6 Å². The first-order chi connectivity index (χ1) is 17.5. The minimum atomic E-state index is -3.86. The maximum Gasteiger partial charge on any atom is 0.249 e. The Morgan fingerprint density at radius 2 is 1.50 bits per heavy atom. The topological polar surface area (TPSA) is 79.4 Å². The summed E-state index contributed by atoms with van der Waals surface area (Å²) in [6.45, 7) is 0.269. The Labute approximate surface area is 215 Å². The Kier molecular flexibility index (Phi) is 7.18. The van der Waals surface area contributed by atoms with E-state index in [0.717, 1.165) is 16.7 Å². The lowest BCUT2D eigenvalue weighted by atomic mass is 10.0. The number of nitrogens with zero attached hydrogens (tertiary/aromatic N) is 2. The zero-order valence-electron chi connectivity index (χ0n) is 19.4. The van der Waals surface area contributed by atoms with Crippen molar-refractivity contribution in [3.05, 3.63) is 121 Å². The second kappa shape index (κ2) is 10.7. The Balaban J connectivity index is 1.38. The molecule has 1 aliphatic heterocycles. The fourth-order valence-electron chi connectivity index (χ4n) is 4.23. The molecule has 0 spiro atoms. The number of sulfonamides is 1. The van der Waals surface area contributed by atoms with E-state index < -0.39 is 21.4 Å². The van der Waals surface area contributed by atoms with E-state index in [4.69, 9.17) is 0 Å². The number of benzene rings is 3. The first-order valence-corrected chi connectivity index (χ1v) is 14.1. The number of amides is 1. The number of nitrogens with one attached hydrogen (secondary N) is 1. The maximum atomic E-state index is 13.5. The third-order valence-electron chi connectivity index (χ3n) is 6.04. The highest BCUT2D eigenvalue weighted by Gasteiger charge is 2.41. The van der Waals surface area contributed by atoms with Crippen LogP contribution in [0.2, 0.25) is 0 Å². The minimum absolute atomic E-state index is 0.173. The SMILES string of the molecule is O=C(N[C@@H](c1ccccc1)c1ccccn1)C1SCCN1S(=O)(=O)c1ccc(-c2ccccc2)cc1. The molecule has 2 heterocycles. The fraction of sp³-hybridized carbons (Fsp3) is 0.143. The second-order valence-electron chi connectivity index (χ2n) is 8.34. The van der Waals surface area contributed by atoms with Crippen molar-refractivity contribution in [1.82, 2.24) is 14.6 Å². The molecule has 36 heavy (non-hydrogen) atoms. The van der Waals surface area contributed by atoms with Gasteiger partial charge in [0.2, 0.25) is 15.9 Å². The van der Waals surface area contributed by atoms with E-state index in [0.29, 0.717) is 11.4 Å². The monoisotopic (exact) mass is 515 g/mol. The summed E-state index contributed by atoms with van der Waals surface area (Å²) in [7, 11) is -3.86. The summed E-state index contributed by atoms with van der Waals surface area (Å²) >= 11 is 1.33. The molecule has 1 aliphatic rings. The number of hydrogen-bond acceptors (Lipinski definition) is 5. The molecule has 5 rings (SSSR count). The quantitative estimate of drug-likeness (QED) is 0.385. The highest BCUT2D eigenvalue weighted by molar-refractivity contribution is 8.02. The Hall–Kier alpha value is -3.46. The van der Waals surface area contributed by atoms with Crippen LogP contribution < -0.4 is 5.32 Å². The van der Waals surface area contributed by atoms with E-state index in [2.05, 4.69) is 10.3 Å². The number of pyridine rings is 1. The van der Waals surface area contributed by atoms with Crippen LogP contribution >= 0.6 is 11.8 Å². The van der Waals surface area contributed by atoms with Crippen molar-refractivity contribution >= 4 is 27.7 Å². The smallest absolute Gasteiger partial charge is 0.249 e. The predicted molar refractivity (Wildman–Crippen MR) is 143 cm³/mol. The lowest BCUT2D eigenvalue weighted by molar-refractivity contribution is -0.122. The highest BCUT2D eigenvalue weighted by atomic mass is 32.2. The van der Waals surface area contributed by atoms with Gasteiger partial charge in [0.1, 0.15) is 5.37 Å². The molecule has 0 aliphatic carbocycles. The lowest BCUT2D eigenvalue weighted by Crippen LogP contribution is -2.46. The van der Waals surface area contributed by atoms with Gasteiger partial charge in [0.15, 0.2) is 0 Å². The number of aromatic nitrogens is 1. The van der Waals surface area contributed by atoms with E-state index in [1.807, 2.05) is 78.9 Å². The van der Waals surface area contributed by atoms with Crippen LogP contribution in [0.1, 0.15) is 17.3 Å². The van der Waals surface area contributed by atoms with Crippen LogP contribution in [0.3, 0.4) is 0 Å². The molecule has 1 amide bonds. The van der Waals surface area contributed by atoms with Gasteiger partial charge in [-0.3, -0.25) is 9.78 Å². The summed E-state index contributed by atoms with van der Waals surface area (Å²) in [5.74, 6) is 0.181. The van der Waals surface area contributed by atoms with Crippen molar-refractivity contribution in [2.75, 3.05) is 12.3 Å². The molecule has 1 unspecified atom stereocenters. The van der Waals surface area contributed by atoms with E-state index in [-0.39, 0.29) is 17.3 Å². The fourth-order valence-corrected chi connectivity index (χ4v) is 7.31. The van der Waals surface area contributed by atoms with Gasteiger partial charge in [-0.05, 0) is 41.0 Å². The molecule has 6 nitrogen and oxygen atoms in total. The van der Waals surface area contributed by atoms with Crippen molar-refractivity contribution < 1.29 is 13.2 Å². The van der Waals surface area contributed by atoms with Crippen LogP contribution in [-0.4, -0.2) is 41.3 Å². The number of carbonyl (C=O) groups is 1. The number of carbonyl (C=O) groups excluding carboxylic acids is 1. The first kappa shape index (κ1) is 24.2. The van der Waals surface area contributed by atoms with Gasteiger partial charge in [-0.15, -0.1) is 11.8 Å². The van der Waals surface area contributed by atoms with Crippen molar-refractivity contribution in [1.29, 1.82) is 0 Å². The van der Waals surface area contributed by atoms with Crippen LogP contribution in [0.4, 0.5) is 0 Å². The van der Waals surface area contributed by atoms with Crippen molar-refractivity contribution in [2.45, 2.75) is 16.3 Å². The molecule has 0 saturated carbocycles. The van der Waals surface area contributed by atoms with Gasteiger partial charge in [-0.25, -0.2) is 8.42 Å². The standard InChI is InChI=1S/C28H25N3O3S2/c32-27(30-26(23-11-5-2-6-12-23)25-13-7-8-18-29-25)28-31(19-20-35-28)36(33,34)24-16-14-22(15-17-24)21-9-3-1-4-10-21/h1-18,26,28H,19-20H2,(H,30,32)/t26-,28?/m0/s1. The predicted octanol–water partition coefficient (Wildman–Crippen LogP) is 4.72. The number of rotatable bonds is 7. The Bertz CT molecular complexity index is 1380. The van der Waals surface area contributed by atoms with Gasteiger partial charge in [-0.1, -0.05) is 78.9 Å². The van der Waals surface area contributed by atoms with Gasteiger partial charge < -0.3 is 5.32 Å². The van der Waals surface area contributed by atoms with Crippen LogP contribution in [0.5, 0.6) is 0 Å².